The van der Waals surface area contributed by atoms with Crippen molar-refractivity contribution in [1.82, 2.24) is 9.29 Å². The minimum absolute atomic E-state index is 0.117. The Morgan fingerprint density at radius 1 is 1.14 bits per heavy atom. The summed E-state index contributed by atoms with van der Waals surface area (Å²) in [6.45, 7) is 2.52. The summed E-state index contributed by atoms with van der Waals surface area (Å²) in [6, 6.07) is 10.8. The molecule has 116 valence electrons. The van der Waals surface area contributed by atoms with Crippen LogP contribution in [0.5, 0.6) is 0 Å². The average Bonchev–Trinajstić information content (AvgIpc) is 2.56. The number of benzene rings is 1. The second-order valence-electron chi connectivity index (χ2n) is 5.73. The predicted molar refractivity (Wildman–Crippen MR) is 85.9 cm³/mol. The van der Waals surface area contributed by atoms with E-state index in [1.807, 2.05) is 31.2 Å². The number of rotatable bonds is 3. The molecule has 1 atom stereocenters. The van der Waals surface area contributed by atoms with Crippen LogP contribution in [0, 0.1) is 6.92 Å². The smallest absolute Gasteiger partial charge is 0.243 e. The average molecular weight is 316 g/mol. The van der Waals surface area contributed by atoms with E-state index in [9.17, 15) is 8.42 Å². The molecule has 22 heavy (non-hydrogen) atoms. The normalized spacial score (nSPS) is 20.0. The Bertz CT molecular complexity index is 727. The van der Waals surface area contributed by atoms with E-state index in [0.29, 0.717) is 11.4 Å². The molecule has 1 aromatic carbocycles. The molecular formula is C17H20N2O2S. The molecule has 2 heterocycles. The zero-order valence-electron chi connectivity index (χ0n) is 12.6. The van der Waals surface area contributed by atoms with Crippen LogP contribution in [-0.4, -0.2) is 24.3 Å². The summed E-state index contributed by atoms with van der Waals surface area (Å²) in [5.41, 5.74) is 2.03. The lowest BCUT2D eigenvalue weighted by Gasteiger charge is -2.34. The number of aryl methyl sites for hydroxylation is 1. The van der Waals surface area contributed by atoms with Gasteiger partial charge in [-0.15, -0.1) is 0 Å². The maximum atomic E-state index is 13.0. The Labute approximate surface area is 131 Å². The van der Waals surface area contributed by atoms with E-state index < -0.39 is 10.0 Å². The zero-order valence-corrected chi connectivity index (χ0v) is 13.5. The molecule has 1 aliphatic heterocycles. The first-order chi connectivity index (χ1) is 10.6. The number of nitrogens with zero attached hydrogens (tertiary/aromatic N) is 2. The summed E-state index contributed by atoms with van der Waals surface area (Å²) in [7, 11) is -3.47. The van der Waals surface area contributed by atoms with Gasteiger partial charge in [0.1, 0.15) is 0 Å². The number of sulfonamides is 1. The van der Waals surface area contributed by atoms with Crippen molar-refractivity contribution in [2.45, 2.75) is 37.1 Å². The van der Waals surface area contributed by atoms with Crippen LogP contribution in [-0.2, 0) is 10.0 Å². The van der Waals surface area contributed by atoms with Crippen LogP contribution in [0.4, 0.5) is 0 Å². The van der Waals surface area contributed by atoms with Crippen molar-refractivity contribution >= 4 is 10.0 Å². The Morgan fingerprint density at radius 3 is 2.59 bits per heavy atom. The van der Waals surface area contributed by atoms with Crippen LogP contribution in [0.3, 0.4) is 0 Å². The summed E-state index contributed by atoms with van der Waals surface area (Å²) >= 11 is 0. The van der Waals surface area contributed by atoms with Crippen molar-refractivity contribution in [3.63, 3.8) is 0 Å². The first-order valence-electron chi connectivity index (χ1n) is 7.57. The fraction of sp³-hybridized carbons (Fsp3) is 0.353. The van der Waals surface area contributed by atoms with Crippen molar-refractivity contribution in [1.29, 1.82) is 0 Å². The standard InChI is InChI=1S/C17H20N2O2S/c1-14-7-9-16(10-8-14)22(20,21)19-12-3-2-6-17(19)15-5-4-11-18-13-15/h4-5,7-11,13,17H,2-3,6,12H2,1H3/t17-/m0/s1. The lowest BCUT2D eigenvalue weighted by atomic mass is 9.99. The molecule has 0 amide bonds. The highest BCUT2D eigenvalue weighted by molar-refractivity contribution is 7.89. The first kappa shape index (κ1) is 15.2. The number of hydrogen-bond acceptors (Lipinski definition) is 3. The fourth-order valence-electron chi connectivity index (χ4n) is 2.94. The molecule has 0 N–H and O–H groups in total. The van der Waals surface area contributed by atoms with Crippen LogP contribution in [0.1, 0.15) is 36.4 Å². The minimum atomic E-state index is -3.47. The van der Waals surface area contributed by atoms with E-state index in [2.05, 4.69) is 4.98 Å². The molecule has 0 spiro atoms. The Morgan fingerprint density at radius 2 is 1.91 bits per heavy atom. The van der Waals surface area contributed by atoms with Gasteiger partial charge in [0, 0.05) is 18.9 Å². The van der Waals surface area contributed by atoms with Crippen LogP contribution >= 0.6 is 0 Å². The van der Waals surface area contributed by atoms with E-state index >= 15 is 0 Å². The maximum Gasteiger partial charge on any atom is 0.243 e. The fourth-order valence-corrected chi connectivity index (χ4v) is 4.63. The largest absolute Gasteiger partial charge is 0.264 e. The Hall–Kier alpha value is -1.72. The third-order valence-corrected chi connectivity index (χ3v) is 6.07. The van der Waals surface area contributed by atoms with E-state index in [4.69, 9.17) is 0 Å². The molecule has 0 bridgehead atoms. The molecule has 3 rings (SSSR count). The summed E-state index contributed by atoms with van der Waals surface area (Å²) in [5, 5.41) is 0. The number of pyridine rings is 1. The Kier molecular flexibility index (Phi) is 4.27. The molecule has 1 aliphatic rings. The predicted octanol–water partition coefficient (Wildman–Crippen LogP) is 3.31. The van der Waals surface area contributed by atoms with Gasteiger partial charge in [0.2, 0.25) is 10.0 Å². The molecule has 4 nitrogen and oxygen atoms in total. The van der Waals surface area contributed by atoms with E-state index in [1.165, 1.54) is 0 Å². The van der Waals surface area contributed by atoms with Gasteiger partial charge in [-0.1, -0.05) is 30.2 Å². The summed E-state index contributed by atoms with van der Waals surface area (Å²) in [5.74, 6) is 0. The summed E-state index contributed by atoms with van der Waals surface area (Å²) in [6.07, 6.45) is 6.27. The van der Waals surface area contributed by atoms with Crippen LogP contribution in [0.15, 0.2) is 53.7 Å². The van der Waals surface area contributed by atoms with Gasteiger partial charge < -0.3 is 0 Å². The molecule has 0 aliphatic carbocycles. The third-order valence-electron chi connectivity index (χ3n) is 4.15. The minimum Gasteiger partial charge on any atom is -0.264 e. The quantitative estimate of drug-likeness (QED) is 0.873. The van der Waals surface area contributed by atoms with Gasteiger partial charge in [-0.3, -0.25) is 4.98 Å². The highest BCUT2D eigenvalue weighted by Crippen LogP contribution is 2.35. The van der Waals surface area contributed by atoms with Gasteiger partial charge >= 0.3 is 0 Å². The second-order valence-corrected chi connectivity index (χ2v) is 7.62. The summed E-state index contributed by atoms with van der Waals surface area (Å²) in [4.78, 5) is 4.51. The van der Waals surface area contributed by atoms with Crippen LogP contribution < -0.4 is 0 Å². The van der Waals surface area contributed by atoms with Gasteiger partial charge in [-0.05, 0) is 43.5 Å². The van der Waals surface area contributed by atoms with Crippen molar-refractivity contribution in [3.05, 3.63) is 59.9 Å². The van der Waals surface area contributed by atoms with E-state index in [0.717, 1.165) is 30.4 Å². The lowest BCUT2D eigenvalue weighted by molar-refractivity contribution is 0.255. The monoisotopic (exact) mass is 316 g/mol. The second kappa shape index (κ2) is 6.18. The SMILES string of the molecule is Cc1ccc(S(=O)(=O)N2CCCC[C@H]2c2cccnc2)cc1. The summed E-state index contributed by atoms with van der Waals surface area (Å²) < 4.78 is 27.6. The number of aromatic nitrogens is 1. The van der Waals surface area contributed by atoms with Gasteiger partial charge in [-0.2, -0.15) is 4.31 Å². The van der Waals surface area contributed by atoms with Gasteiger partial charge in [-0.25, -0.2) is 8.42 Å². The van der Waals surface area contributed by atoms with E-state index in [-0.39, 0.29) is 6.04 Å². The molecule has 1 fully saturated rings. The highest BCUT2D eigenvalue weighted by atomic mass is 32.2. The molecule has 1 saturated heterocycles. The van der Waals surface area contributed by atoms with Crippen molar-refractivity contribution < 1.29 is 8.42 Å². The highest BCUT2D eigenvalue weighted by Gasteiger charge is 2.34. The molecule has 2 aromatic rings. The van der Waals surface area contributed by atoms with Gasteiger partial charge in [0.25, 0.3) is 0 Å². The maximum absolute atomic E-state index is 13.0. The van der Waals surface area contributed by atoms with Gasteiger partial charge in [0.05, 0.1) is 10.9 Å². The zero-order chi connectivity index (χ0) is 15.6. The Balaban J connectivity index is 1.98. The van der Waals surface area contributed by atoms with Crippen molar-refractivity contribution in [2.24, 2.45) is 0 Å². The van der Waals surface area contributed by atoms with Crippen molar-refractivity contribution in [2.75, 3.05) is 6.54 Å². The van der Waals surface area contributed by atoms with E-state index in [1.54, 1.807) is 28.8 Å². The molecule has 0 saturated carbocycles. The number of piperidine rings is 1. The third kappa shape index (κ3) is 2.91. The van der Waals surface area contributed by atoms with Gasteiger partial charge in [0.15, 0.2) is 0 Å². The lowest BCUT2D eigenvalue weighted by Crippen LogP contribution is -2.38. The molecule has 5 heteroatoms. The number of hydrogen-bond donors (Lipinski definition) is 0. The van der Waals surface area contributed by atoms with Crippen LogP contribution in [0.25, 0.3) is 0 Å². The van der Waals surface area contributed by atoms with Crippen LogP contribution in [0.2, 0.25) is 0 Å². The molecular weight excluding hydrogens is 296 g/mol. The molecule has 1 aromatic heterocycles. The molecule has 0 radical (unpaired) electrons. The molecule has 0 unspecified atom stereocenters. The van der Waals surface area contributed by atoms with Crippen molar-refractivity contribution in [3.8, 4) is 0 Å². The first-order valence-corrected chi connectivity index (χ1v) is 9.01. The topological polar surface area (TPSA) is 50.3 Å².